The largest absolute Gasteiger partial charge is 0.494 e. The van der Waals surface area contributed by atoms with Crippen LogP contribution >= 0.6 is 11.3 Å². The van der Waals surface area contributed by atoms with Crippen molar-refractivity contribution in [1.29, 1.82) is 0 Å². The molecule has 5 nitrogen and oxygen atoms in total. The van der Waals surface area contributed by atoms with Crippen molar-refractivity contribution in [2.24, 2.45) is 0 Å². The lowest BCUT2D eigenvalue weighted by Gasteiger charge is -2.03. The highest BCUT2D eigenvalue weighted by atomic mass is 32.1. The fourth-order valence-electron chi connectivity index (χ4n) is 2.36. The number of hydrogen-bond acceptors (Lipinski definition) is 5. The quantitative estimate of drug-likeness (QED) is 0.571. The number of ether oxygens (including phenoxy) is 1. The van der Waals surface area contributed by atoms with E-state index in [1.807, 2.05) is 61.5 Å². The third kappa shape index (κ3) is 2.57. The minimum Gasteiger partial charge on any atom is -0.494 e. The molecule has 23 heavy (non-hydrogen) atoms. The fraction of sp³-hybridized carbons (Fsp3) is 0.118. The molecule has 0 aliphatic rings. The summed E-state index contributed by atoms with van der Waals surface area (Å²) in [7, 11) is 0. The Hall–Kier alpha value is -2.73. The van der Waals surface area contributed by atoms with Crippen LogP contribution in [-0.2, 0) is 0 Å². The van der Waals surface area contributed by atoms with Gasteiger partial charge in [-0.25, -0.2) is 0 Å². The molecule has 0 saturated heterocycles. The summed E-state index contributed by atoms with van der Waals surface area (Å²) in [6.45, 7) is 2.62. The van der Waals surface area contributed by atoms with E-state index in [0.29, 0.717) is 6.61 Å². The van der Waals surface area contributed by atoms with Crippen molar-refractivity contribution in [1.82, 2.24) is 19.8 Å². The van der Waals surface area contributed by atoms with E-state index >= 15 is 0 Å². The van der Waals surface area contributed by atoms with Gasteiger partial charge < -0.3 is 4.74 Å². The molecule has 0 spiro atoms. The van der Waals surface area contributed by atoms with E-state index in [2.05, 4.69) is 15.3 Å². The molecule has 0 aliphatic carbocycles. The van der Waals surface area contributed by atoms with Crippen LogP contribution in [0.5, 0.6) is 5.75 Å². The second-order valence-electron chi connectivity index (χ2n) is 4.95. The smallest absolute Gasteiger partial charge is 0.235 e. The van der Waals surface area contributed by atoms with E-state index in [0.717, 1.165) is 32.7 Å². The maximum absolute atomic E-state index is 5.47. The SMILES string of the molecule is CCOc1ccc(-c2nnc3sc(-c4ccccc4)nn23)cc1. The monoisotopic (exact) mass is 322 g/mol. The third-order valence-corrected chi connectivity index (χ3v) is 4.38. The number of aromatic nitrogens is 4. The van der Waals surface area contributed by atoms with Crippen molar-refractivity contribution in [3.05, 3.63) is 54.6 Å². The molecule has 0 fully saturated rings. The first-order valence-corrected chi connectivity index (χ1v) is 8.17. The molecule has 4 rings (SSSR count). The van der Waals surface area contributed by atoms with Gasteiger partial charge in [-0.1, -0.05) is 41.7 Å². The number of rotatable bonds is 4. The summed E-state index contributed by atoms with van der Waals surface area (Å²) >= 11 is 1.53. The number of fused-ring (bicyclic) bond motifs is 1. The lowest BCUT2D eigenvalue weighted by molar-refractivity contribution is 0.340. The molecule has 2 heterocycles. The lowest BCUT2D eigenvalue weighted by Crippen LogP contribution is -1.93. The van der Waals surface area contributed by atoms with Crippen LogP contribution in [0.4, 0.5) is 0 Å². The molecule has 6 heteroatoms. The first-order valence-electron chi connectivity index (χ1n) is 7.36. The molecule has 0 unspecified atom stereocenters. The van der Waals surface area contributed by atoms with Crippen LogP contribution in [0.1, 0.15) is 6.92 Å². The predicted molar refractivity (Wildman–Crippen MR) is 90.7 cm³/mol. The van der Waals surface area contributed by atoms with E-state index in [4.69, 9.17) is 4.74 Å². The number of nitrogens with zero attached hydrogens (tertiary/aromatic N) is 4. The van der Waals surface area contributed by atoms with Crippen LogP contribution < -0.4 is 4.74 Å². The van der Waals surface area contributed by atoms with Gasteiger partial charge in [0.15, 0.2) is 5.82 Å². The van der Waals surface area contributed by atoms with Gasteiger partial charge >= 0.3 is 0 Å². The summed E-state index contributed by atoms with van der Waals surface area (Å²) in [5, 5.41) is 14.1. The van der Waals surface area contributed by atoms with Crippen molar-refractivity contribution in [2.75, 3.05) is 6.61 Å². The van der Waals surface area contributed by atoms with Crippen LogP contribution in [0, 0.1) is 0 Å². The lowest BCUT2D eigenvalue weighted by atomic mass is 10.2. The molecule has 0 saturated carbocycles. The van der Waals surface area contributed by atoms with Crippen LogP contribution in [0.15, 0.2) is 54.6 Å². The third-order valence-electron chi connectivity index (χ3n) is 3.44. The highest BCUT2D eigenvalue weighted by Gasteiger charge is 2.14. The van der Waals surface area contributed by atoms with Gasteiger partial charge in [0, 0.05) is 11.1 Å². The number of hydrogen-bond donors (Lipinski definition) is 0. The number of benzene rings is 2. The second kappa shape index (κ2) is 5.81. The van der Waals surface area contributed by atoms with E-state index < -0.39 is 0 Å². The maximum atomic E-state index is 5.47. The van der Waals surface area contributed by atoms with Crippen LogP contribution in [0.2, 0.25) is 0 Å². The standard InChI is InChI=1S/C17H14N4OS/c1-2-22-14-10-8-12(9-11-14)15-18-19-17-21(15)20-16(23-17)13-6-4-3-5-7-13/h3-11H,2H2,1H3. The molecule has 2 aromatic carbocycles. The van der Waals surface area contributed by atoms with E-state index in [1.54, 1.807) is 4.52 Å². The van der Waals surface area contributed by atoms with Crippen LogP contribution in [0.25, 0.3) is 26.9 Å². The molecule has 4 aromatic rings. The molecule has 0 radical (unpaired) electrons. The van der Waals surface area contributed by atoms with Crippen LogP contribution in [0.3, 0.4) is 0 Å². The Labute approximate surface area is 137 Å². The van der Waals surface area contributed by atoms with E-state index in [-0.39, 0.29) is 0 Å². The average Bonchev–Trinajstić information content (AvgIpc) is 3.17. The van der Waals surface area contributed by atoms with Gasteiger partial charge in [-0.2, -0.15) is 9.61 Å². The summed E-state index contributed by atoms with van der Waals surface area (Å²) in [6, 6.07) is 17.9. The Morgan fingerprint density at radius 3 is 2.48 bits per heavy atom. The van der Waals surface area contributed by atoms with E-state index in [1.165, 1.54) is 11.3 Å². The van der Waals surface area contributed by atoms with Gasteiger partial charge in [0.05, 0.1) is 6.61 Å². The van der Waals surface area contributed by atoms with Crippen molar-refractivity contribution in [3.8, 4) is 27.7 Å². The van der Waals surface area contributed by atoms with Crippen LogP contribution in [-0.4, -0.2) is 26.4 Å². The Morgan fingerprint density at radius 2 is 1.74 bits per heavy atom. The van der Waals surface area contributed by atoms with Gasteiger partial charge in [0.25, 0.3) is 0 Å². The molecular formula is C17H14N4OS. The zero-order valence-corrected chi connectivity index (χ0v) is 13.3. The Bertz CT molecular complexity index is 928. The molecule has 0 aliphatic heterocycles. The zero-order chi connectivity index (χ0) is 15.6. The average molecular weight is 322 g/mol. The van der Waals surface area contributed by atoms with Gasteiger partial charge in [-0.15, -0.1) is 10.2 Å². The highest BCUT2D eigenvalue weighted by molar-refractivity contribution is 7.19. The summed E-state index contributed by atoms with van der Waals surface area (Å²) in [4.78, 5) is 0.785. The van der Waals surface area contributed by atoms with E-state index in [9.17, 15) is 0 Å². The summed E-state index contributed by atoms with van der Waals surface area (Å²) < 4.78 is 7.27. The maximum Gasteiger partial charge on any atom is 0.235 e. The topological polar surface area (TPSA) is 52.3 Å². The van der Waals surface area contributed by atoms with Gasteiger partial charge in [0.2, 0.25) is 4.96 Å². The zero-order valence-electron chi connectivity index (χ0n) is 12.5. The Kier molecular flexibility index (Phi) is 3.51. The fourth-order valence-corrected chi connectivity index (χ4v) is 3.21. The normalized spacial score (nSPS) is 11.0. The molecule has 0 atom stereocenters. The van der Waals surface area contributed by atoms with Crippen molar-refractivity contribution in [2.45, 2.75) is 6.92 Å². The Morgan fingerprint density at radius 1 is 0.957 bits per heavy atom. The minimum atomic E-state index is 0.654. The second-order valence-corrected chi connectivity index (χ2v) is 5.90. The predicted octanol–water partition coefficient (Wildman–Crippen LogP) is 3.92. The first-order chi connectivity index (χ1) is 11.3. The van der Waals surface area contributed by atoms with Crippen molar-refractivity contribution < 1.29 is 4.74 Å². The van der Waals surface area contributed by atoms with Crippen molar-refractivity contribution >= 4 is 16.3 Å². The molecular weight excluding hydrogens is 308 g/mol. The van der Waals surface area contributed by atoms with Gasteiger partial charge in [-0.3, -0.25) is 0 Å². The molecule has 114 valence electrons. The Balaban J connectivity index is 1.74. The summed E-state index contributed by atoms with van der Waals surface area (Å²) in [5.41, 5.74) is 2.05. The summed E-state index contributed by atoms with van der Waals surface area (Å²) in [6.07, 6.45) is 0. The highest BCUT2D eigenvalue weighted by Crippen LogP contribution is 2.28. The molecule has 0 amide bonds. The van der Waals surface area contributed by atoms with Crippen molar-refractivity contribution in [3.63, 3.8) is 0 Å². The molecule has 0 bridgehead atoms. The minimum absolute atomic E-state index is 0.654. The first kappa shape index (κ1) is 13.9. The summed E-state index contributed by atoms with van der Waals surface area (Å²) in [5.74, 6) is 1.58. The van der Waals surface area contributed by atoms with Gasteiger partial charge in [-0.05, 0) is 31.2 Å². The molecule has 0 N–H and O–H groups in total. The molecule has 2 aromatic heterocycles. The van der Waals surface area contributed by atoms with Gasteiger partial charge in [0.1, 0.15) is 10.8 Å².